The van der Waals surface area contributed by atoms with Gasteiger partial charge in [-0.15, -0.1) is 0 Å². The summed E-state index contributed by atoms with van der Waals surface area (Å²) in [7, 11) is 0. The van der Waals surface area contributed by atoms with Crippen LogP contribution in [-0.4, -0.2) is 0 Å². The van der Waals surface area contributed by atoms with Crippen LogP contribution in [0, 0.1) is 0 Å². The molecule has 0 bridgehead atoms. The molecule has 56 valence electrons. The molecule has 0 aromatic heterocycles. The van der Waals surface area contributed by atoms with Crippen molar-refractivity contribution in [3.05, 3.63) is 22.3 Å². The molecular weight excluding hydrogens is 144 g/mol. The minimum Gasteiger partial charge on any atom is -0.0841 e. The third kappa shape index (κ3) is 1.43. The van der Waals surface area contributed by atoms with Crippen LogP contribution >= 0.6 is 11.6 Å². The van der Waals surface area contributed by atoms with Crippen LogP contribution in [0.3, 0.4) is 0 Å². The molecule has 0 amide bonds. The lowest BCUT2D eigenvalue weighted by molar-refractivity contribution is 0.777. The van der Waals surface area contributed by atoms with Crippen LogP contribution in [0.15, 0.2) is 22.3 Å². The van der Waals surface area contributed by atoms with E-state index < -0.39 is 0 Å². The smallest absolute Gasteiger partial charge is 0.0423 e. The van der Waals surface area contributed by atoms with Gasteiger partial charge in [-0.2, -0.15) is 0 Å². The van der Waals surface area contributed by atoms with E-state index in [9.17, 15) is 0 Å². The predicted octanol–water partition coefficient (Wildman–Crippen LogP) is 3.63. The largest absolute Gasteiger partial charge is 0.0841 e. The fourth-order valence-electron chi connectivity index (χ4n) is 1.31. The van der Waals surface area contributed by atoms with Gasteiger partial charge in [-0.3, -0.25) is 0 Å². The molecule has 1 rings (SSSR count). The first-order chi connectivity index (χ1) is 4.75. The van der Waals surface area contributed by atoms with Crippen molar-refractivity contribution in [2.45, 2.75) is 33.1 Å². The third-order valence-electron chi connectivity index (χ3n) is 2.00. The Hall–Kier alpha value is -0.230. The fraction of sp³-hybridized carbons (Fsp3) is 0.556. The van der Waals surface area contributed by atoms with Crippen LogP contribution in [0.4, 0.5) is 0 Å². The quantitative estimate of drug-likeness (QED) is 0.503. The van der Waals surface area contributed by atoms with Crippen molar-refractivity contribution < 1.29 is 0 Å². The summed E-state index contributed by atoms with van der Waals surface area (Å²) in [4.78, 5) is 0. The lowest BCUT2D eigenvalue weighted by Crippen LogP contribution is -1.95. The predicted molar refractivity (Wildman–Crippen MR) is 46.2 cm³/mol. The highest BCUT2D eigenvalue weighted by Crippen LogP contribution is 2.31. The maximum absolute atomic E-state index is 6.04. The van der Waals surface area contributed by atoms with E-state index in [4.69, 9.17) is 11.6 Å². The molecule has 1 aliphatic carbocycles. The zero-order valence-corrected chi connectivity index (χ0v) is 7.33. The van der Waals surface area contributed by atoms with Gasteiger partial charge in [0.2, 0.25) is 0 Å². The zero-order valence-electron chi connectivity index (χ0n) is 6.58. The average molecular weight is 157 g/mol. The topological polar surface area (TPSA) is 0 Å². The fourth-order valence-corrected chi connectivity index (χ4v) is 1.61. The van der Waals surface area contributed by atoms with Crippen molar-refractivity contribution >= 4 is 11.6 Å². The normalized spacial score (nSPS) is 24.1. The first-order valence-corrected chi connectivity index (χ1v) is 4.14. The van der Waals surface area contributed by atoms with Gasteiger partial charge in [0.25, 0.3) is 0 Å². The number of halogens is 1. The van der Waals surface area contributed by atoms with Crippen LogP contribution in [0.2, 0.25) is 0 Å². The van der Waals surface area contributed by atoms with Crippen LogP contribution in [0.25, 0.3) is 0 Å². The Morgan fingerprint density at radius 3 is 2.60 bits per heavy atom. The lowest BCUT2D eigenvalue weighted by Gasteiger charge is -2.15. The number of allylic oxidation sites excluding steroid dienone is 4. The Morgan fingerprint density at radius 1 is 1.40 bits per heavy atom. The standard InChI is InChI=1S/C9H13Cl/c1-3-8-6-4-5-7(2)9(8)10/h3H,4-6H2,1-2H3/b8-3+. The van der Waals surface area contributed by atoms with Crippen molar-refractivity contribution in [3.63, 3.8) is 0 Å². The van der Waals surface area contributed by atoms with Crippen molar-refractivity contribution in [3.8, 4) is 0 Å². The number of rotatable bonds is 0. The van der Waals surface area contributed by atoms with E-state index in [2.05, 4.69) is 19.9 Å². The third-order valence-corrected chi connectivity index (χ3v) is 2.57. The Bertz CT molecular complexity index is 187. The van der Waals surface area contributed by atoms with Crippen LogP contribution in [0.1, 0.15) is 33.1 Å². The molecule has 0 saturated heterocycles. The van der Waals surface area contributed by atoms with Crippen molar-refractivity contribution in [1.82, 2.24) is 0 Å². The van der Waals surface area contributed by atoms with Gasteiger partial charge >= 0.3 is 0 Å². The van der Waals surface area contributed by atoms with E-state index in [0.29, 0.717) is 0 Å². The van der Waals surface area contributed by atoms with E-state index in [1.54, 1.807) is 0 Å². The number of hydrogen-bond donors (Lipinski definition) is 0. The summed E-state index contributed by atoms with van der Waals surface area (Å²) in [5.74, 6) is 0. The van der Waals surface area contributed by atoms with Crippen molar-refractivity contribution in [1.29, 1.82) is 0 Å². The molecular formula is C9H13Cl. The molecule has 0 atom stereocenters. The van der Waals surface area contributed by atoms with E-state index in [0.717, 1.165) is 11.5 Å². The second-order valence-corrected chi connectivity index (χ2v) is 3.14. The van der Waals surface area contributed by atoms with Gasteiger partial charge in [0.1, 0.15) is 0 Å². The second kappa shape index (κ2) is 3.25. The highest BCUT2D eigenvalue weighted by atomic mass is 35.5. The van der Waals surface area contributed by atoms with E-state index >= 15 is 0 Å². The number of hydrogen-bond acceptors (Lipinski definition) is 0. The van der Waals surface area contributed by atoms with Crippen molar-refractivity contribution in [2.75, 3.05) is 0 Å². The summed E-state index contributed by atoms with van der Waals surface area (Å²) in [6.45, 7) is 4.17. The summed E-state index contributed by atoms with van der Waals surface area (Å²) < 4.78 is 0. The Morgan fingerprint density at radius 2 is 2.10 bits per heavy atom. The molecule has 0 nitrogen and oxygen atoms in total. The summed E-state index contributed by atoms with van der Waals surface area (Å²) in [5.41, 5.74) is 2.67. The van der Waals surface area contributed by atoms with Crippen molar-refractivity contribution in [2.24, 2.45) is 0 Å². The molecule has 1 heteroatoms. The minimum atomic E-state index is 1.01. The molecule has 0 radical (unpaired) electrons. The summed E-state index contributed by atoms with van der Waals surface area (Å²) in [6, 6.07) is 0. The second-order valence-electron chi connectivity index (χ2n) is 2.76. The molecule has 0 aromatic carbocycles. The Labute approximate surface area is 67.6 Å². The highest BCUT2D eigenvalue weighted by molar-refractivity contribution is 6.32. The average Bonchev–Trinajstić information content (AvgIpc) is 1.95. The monoisotopic (exact) mass is 156 g/mol. The van der Waals surface area contributed by atoms with Gasteiger partial charge in [0.05, 0.1) is 0 Å². The van der Waals surface area contributed by atoms with Crippen LogP contribution < -0.4 is 0 Å². The van der Waals surface area contributed by atoms with Gasteiger partial charge in [0, 0.05) is 5.03 Å². The summed E-state index contributed by atoms with van der Waals surface area (Å²) in [6.07, 6.45) is 5.72. The van der Waals surface area contributed by atoms with Crippen LogP contribution in [0.5, 0.6) is 0 Å². The van der Waals surface area contributed by atoms with Gasteiger partial charge < -0.3 is 0 Å². The molecule has 0 fully saturated rings. The first-order valence-electron chi connectivity index (χ1n) is 3.76. The molecule has 0 aliphatic heterocycles. The first kappa shape index (κ1) is 7.87. The van der Waals surface area contributed by atoms with Gasteiger partial charge in [0.15, 0.2) is 0 Å². The van der Waals surface area contributed by atoms with Gasteiger partial charge in [-0.25, -0.2) is 0 Å². The molecule has 0 spiro atoms. The zero-order chi connectivity index (χ0) is 7.56. The molecule has 0 aromatic rings. The minimum absolute atomic E-state index is 1.01. The SMILES string of the molecule is C/C=C1\CCCC(C)=C1Cl. The molecule has 0 unspecified atom stereocenters. The van der Waals surface area contributed by atoms with Gasteiger partial charge in [-0.05, 0) is 38.7 Å². The van der Waals surface area contributed by atoms with Gasteiger partial charge in [-0.1, -0.05) is 23.3 Å². The maximum atomic E-state index is 6.04. The summed E-state index contributed by atoms with van der Waals surface area (Å²) in [5, 5.41) is 1.01. The van der Waals surface area contributed by atoms with E-state index in [1.165, 1.54) is 24.0 Å². The maximum Gasteiger partial charge on any atom is 0.0423 e. The van der Waals surface area contributed by atoms with E-state index in [1.807, 2.05) is 0 Å². The van der Waals surface area contributed by atoms with E-state index in [-0.39, 0.29) is 0 Å². The Kier molecular flexibility index (Phi) is 2.56. The Balaban J connectivity index is 2.89. The summed E-state index contributed by atoms with van der Waals surface area (Å²) >= 11 is 6.04. The molecule has 0 heterocycles. The molecule has 1 aliphatic rings. The van der Waals surface area contributed by atoms with Crippen LogP contribution in [-0.2, 0) is 0 Å². The highest BCUT2D eigenvalue weighted by Gasteiger charge is 2.10. The molecule has 0 saturated carbocycles. The lowest BCUT2D eigenvalue weighted by atomic mass is 9.96. The molecule has 10 heavy (non-hydrogen) atoms. The molecule has 0 N–H and O–H groups in total.